The highest BCUT2D eigenvalue weighted by Crippen LogP contribution is 2.13. The summed E-state index contributed by atoms with van der Waals surface area (Å²) in [6, 6.07) is 3.46. The van der Waals surface area contributed by atoms with Gasteiger partial charge < -0.3 is 10.3 Å². The number of halogens is 2. The van der Waals surface area contributed by atoms with Crippen molar-refractivity contribution in [3.05, 3.63) is 47.1 Å². The van der Waals surface area contributed by atoms with E-state index in [0.717, 1.165) is 25.3 Å². The number of rotatable bonds is 7. The van der Waals surface area contributed by atoms with Crippen LogP contribution in [0, 0.1) is 11.6 Å². The van der Waals surface area contributed by atoms with Gasteiger partial charge in [-0.3, -0.25) is 0 Å². The third-order valence-electron chi connectivity index (χ3n) is 2.97. The van der Waals surface area contributed by atoms with Crippen LogP contribution in [0.25, 0.3) is 0 Å². The third-order valence-corrected chi connectivity index (χ3v) is 2.97. The fourth-order valence-corrected chi connectivity index (χ4v) is 1.90. The van der Waals surface area contributed by atoms with Crippen molar-refractivity contribution in [2.75, 3.05) is 6.54 Å². The summed E-state index contributed by atoms with van der Waals surface area (Å²) in [5.41, 5.74) is 5.76. The smallest absolute Gasteiger partial charge is 0.226 e. The van der Waals surface area contributed by atoms with Crippen molar-refractivity contribution in [3.8, 4) is 0 Å². The number of nitrogens with two attached hydrogens (primary N) is 1. The topological polar surface area (TPSA) is 64.9 Å². The molecule has 0 aliphatic rings. The van der Waals surface area contributed by atoms with Crippen molar-refractivity contribution in [1.29, 1.82) is 0 Å². The van der Waals surface area contributed by atoms with Crippen molar-refractivity contribution < 1.29 is 13.3 Å². The van der Waals surface area contributed by atoms with Crippen molar-refractivity contribution >= 4 is 0 Å². The minimum absolute atomic E-state index is 0.193. The third kappa shape index (κ3) is 4.09. The normalized spacial score (nSPS) is 10.9. The van der Waals surface area contributed by atoms with Gasteiger partial charge >= 0.3 is 0 Å². The Morgan fingerprint density at radius 2 is 2.00 bits per heavy atom. The first kappa shape index (κ1) is 14.6. The molecule has 0 fully saturated rings. The summed E-state index contributed by atoms with van der Waals surface area (Å²) in [7, 11) is 0. The van der Waals surface area contributed by atoms with Crippen molar-refractivity contribution in [3.63, 3.8) is 0 Å². The molecule has 1 aromatic heterocycles. The Hall–Kier alpha value is -1.82. The van der Waals surface area contributed by atoms with E-state index in [1.807, 2.05) is 0 Å². The molecule has 0 aliphatic heterocycles. The lowest BCUT2D eigenvalue weighted by Crippen LogP contribution is -1.98. The molecule has 0 aliphatic carbocycles. The molecular weight excluding hydrogens is 264 g/mol. The van der Waals surface area contributed by atoms with E-state index in [9.17, 15) is 8.78 Å². The van der Waals surface area contributed by atoms with E-state index in [2.05, 4.69) is 10.1 Å². The number of aromatic nitrogens is 2. The zero-order valence-corrected chi connectivity index (χ0v) is 11.1. The molecule has 2 rings (SSSR count). The molecule has 2 N–H and O–H groups in total. The minimum Gasteiger partial charge on any atom is -0.339 e. The average Bonchev–Trinajstić information content (AvgIpc) is 2.86. The molecule has 0 saturated heterocycles. The molecule has 20 heavy (non-hydrogen) atoms. The van der Waals surface area contributed by atoms with Gasteiger partial charge in [0.1, 0.15) is 11.6 Å². The molecule has 0 atom stereocenters. The molecule has 0 bridgehead atoms. The maximum absolute atomic E-state index is 13.5. The Morgan fingerprint density at radius 3 is 2.75 bits per heavy atom. The summed E-state index contributed by atoms with van der Waals surface area (Å²) in [4.78, 5) is 4.20. The van der Waals surface area contributed by atoms with Gasteiger partial charge in [-0.25, -0.2) is 8.78 Å². The number of unbranched alkanes of at least 4 members (excludes halogenated alkanes) is 2. The van der Waals surface area contributed by atoms with E-state index >= 15 is 0 Å². The molecule has 1 aromatic carbocycles. The fraction of sp³-hybridized carbons (Fsp3) is 0.429. The lowest BCUT2D eigenvalue weighted by molar-refractivity contribution is 0.369. The van der Waals surface area contributed by atoms with Crippen LogP contribution in [0.3, 0.4) is 0 Å². The molecular formula is C14H17F2N3O. The first-order valence-electron chi connectivity index (χ1n) is 6.64. The Bertz CT molecular complexity index is 557. The highest BCUT2D eigenvalue weighted by Gasteiger charge is 2.10. The summed E-state index contributed by atoms with van der Waals surface area (Å²) in [6.45, 7) is 0.679. The molecule has 0 radical (unpaired) electrons. The Kier molecular flexibility index (Phi) is 5.17. The molecule has 1 heterocycles. The maximum Gasteiger partial charge on any atom is 0.226 e. The van der Waals surface area contributed by atoms with Gasteiger partial charge in [0.15, 0.2) is 5.82 Å². The van der Waals surface area contributed by atoms with Crippen LogP contribution in [0.15, 0.2) is 22.7 Å². The van der Waals surface area contributed by atoms with Crippen molar-refractivity contribution in [1.82, 2.24) is 10.1 Å². The summed E-state index contributed by atoms with van der Waals surface area (Å²) < 4.78 is 31.4. The van der Waals surface area contributed by atoms with Crippen molar-refractivity contribution in [2.24, 2.45) is 5.73 Å². The lowest BCUT2D eigenvalue weighted by Gasteiger charge is -1.99. The molecule has 0 amide bonds. The first-order chi connectivity index (χ1) is 9.69. The van der Waals surface area contributed by atoms with E-state index in [1.54, 1.807) is 0 Å². The van der Waals surface area contributed by atoms with Gasteiger partial charge in [-0.15, -0.1) is 0 Å². The number of nitrogens with zero attached hydrogens (tertiary/aromatic N) is 2. The monoisotopic (exact) mass is 281 g/mol. The Morgan fingerprint density at radius 1 is 1.15 bits per heavy atom. The van der Waals surface area contributed by atoms with Crippen LogP contribution >= 0.6 is 0 Å². The van der Waals surface area contributed by atoms with Crippen LogP contribution in [-0.2, 0) is 12.8 Å². The maximum atomic E-state index is 13.5. The van der Waals surface area contributed by atoms with E-state index in [1.165, 1.54) is 12.1 Å². The van der Waals surface area contributed by atoms with E-state index < -0.39 is 11.6 Å². The lowest BCUT2D eigenvalue weighted by atomic mass is 10.1. The fourth-order valence-electron chi connectivity index (χ4n) is 1.90. The highest BCUT2D eigenvalue weighted by molar-refractivity contribution is 5.21. The summed E-state index contributed by atoms with van der Waals surface area (Å²) in [5, 5.41) is 3.80. The second-order valence-corrected chi connectivity index (χ2v) is 4.62. The second-order valence-electron chi connectivity index (χ2n) is 4.62. The van der Waals surface area contributed by atoms with Crippen LogP contribution in [-0.4, -0.2) is 16.7 Å². The predicted octanol–water partition coefficient (Wildman–Crippen LogP) is 2.61. The van der Waals surface area contributed by atoms with E-state index in [4.69, 9.17) is 10.3 Å². The van der Waals surface area contributed by atoms with Crippen LogP contribution < -0.4 is 5.73 Å². The van der Waals surface area contributed by atoms with Crippen molar-refractivity contribution in [2.45, 2.75) is 32.1 Å². The van der Waals surface area contributed by atoms with Crippen LogP contribution in [0.4, 0.5) is 8.78 Å². The quantitative estimate of drug-likeness (QED) is 0.792. The molecule has 0 spiro atoms. The van der Waals surface area contributed by atoms with Gasteiger partial charge in [0.05, 0.1) is 0 Å². The molecule has 6 heteroatoms. The van der Waals surface area contributed by atoms with Crippen LogP contribution in [0.1, 0.15) is 36.5 Å². The molecule has 2 aromatic rings. The zero-order valence-electron chi connectivity index (χ0n) is 11.1. The number of benzene rings is 1. The average molecular weight is 281 g/mol. The van der Waals surface area contributed by atoms with Gasteiger partial charge in [0, 0.05) is 18.9 Å². The number of hydrogen-bond donors (Lipinski definition) is 1. The molecule has 108 valence electrons. The molecule has 4 nitrogen and oxygen atoms in total. The Balaban J connectivity index is 1.92. The predicted molar refractivity (Wildman–Crippen MR) is 70.1 cm³/mol. The second kappa shape index (κ2) is 7.09. The van der Waals surface area contributed by atoms with E-state index in [-0.39, 0.29) is 6.42 Å². The number of hydrogen-bond acceptors (Lipinski definition) is 4. The van der Waals surface area contributed by atoms with Gasteiger partial charge in [0.25, 0.3) is 0 Å². The largest absolute Gasteiger partial charge is 0.339 e. The van der Waals surface area contributed by atoms with Gasteiger partial charge in [0.2, 0.25) is 5.89 Å². The Labute approximate surface area is 116 Å². The van der Waals surface area contributed by atoms with Gasteiger partial charge in [-0.1, -0.05) is 17.6 Å². The van der Waals surface area contributed by atoms with Gasteiger partial charge in [-0.2, -0.15) is 4.98 Å². The van der Waals surface area contributed by atoms with E-state index in [0.29, 0.717) is 30.2 Å². The van der Waals surface area contributed by atoms with Crippen LogP contribution in [0.2, 0.25) is 0 Å². The van der Waals surface area contributed by atoms with Crippen LogP contribution in [0.5, 0.6) is 0 Å². The highest BCUT2D eigenvalue weighted by atomic mass is 19.1. The molecule has 0 saturated carbocycles. The minimum atomic E-state index is -0.598. The SMILES string of the molecule is NCCCCCc1nc(Cc2ccc(F)cc2F)no1. The zero-order chi connectivity index (χ0) is 14.4. The number of aryl methyl sites for hydroxylation is 1. The summed E-state index contributed by atoms with van der Waals surface area (Å²) >= 11 is 0. The molecule has 0 unspecified atom stereocenters. The summed E-state index contributed by atoms with van der Waals surface area (Å²) in [6.07, 6.45) is 3.81. The standard InChI is InChI=1S/C14H17F2N3O/c15-11-6-5-10(12(16)9-11)8-13-18-14(20-19-13)4-2-1-3-7-17/h5-6,9H,1-4,7-8,17H2. The summed E-state index contributed by atoms with van der Waals surface area (Å²) in [5.74, 6) is -0.247. The van der Waals surface area contributed by atoms with Gasteiger partial charge in [-0.05, 0) is 31.0 Å². The first-order valence-corrected chi connectivity index (χ1v) is 6.64.